The van der Waals surface area contributed by atoms with Crippen LogP contribution in [0, 0.1) is 0 Å². The molecule has 0 bridgehead atoms. The number of carbonyl (C=O) groups is 2. The van der Waals surface area contributed by atoms with Gasteiger partial charge in [-0.1, -0.05) is 0 Å². The van der Waals surface area contributed by atoms with Crippen LogP contribution < -0.4 is 0 Å². The number of hydrogen-bond donors (Lipinski definition) is 0. The molecule has 0 aliphatic carbocycles. The predicted molar refractivity (Wildman–Crippen MR) is 57.8 cm³/mol. The molecule has 2 aliphatic rings. The maximum absolute atomic E-state index is 11.5. The van der Waals surface area contributed by atoms with Crippen molar-refractivity contribution in [3.8, 4) is 0 Å². The molecule has 0 aromatic heterocycles. The van der Waals surface area contributed by atoms with Gasteiger partial charge in [-0.15, -0.1) is 0 Å². The number of amides is 1. The zero-order valence-corrected chi connectivity index (χ0v) is 9.65. The Morgan fingerprint density at radius 1 is 1.50 bits per heavy atom. The second-order valence-corrected chi connectivity index (χ2v) is 4.41. The van der Waals surface area contributed by atoms with Crippen LogP contribution in [0.1, 0.15) is 19.3 Å². The first kappa shape index (κ1) is 11.4. The predicted octanol–water partition coefficient (Wildman–Crippen LogP) is -0.144. The van der Waals surface area contributed by atoms with Crippen LogP contribution >= 0.6 is 0 Å². The number of hydrogen-bond acceptors (Lipinski definition) is 4. The van der Waals surface area contributed by atoms with Gasteiger partial charge >= 0.3 is 5.97 Å². The minimum absolute atomic E-state index is 0.162. The molecular formula is C11H18N2O3. The first-order valence-corrected chi connectivity index (χ1v) is 5.79. The highest BCUT2D eigenvalue weighted by molar-refractivity contribution is 5.79. The molecule has 1 unspecified atom stereocenters. The summed E-state index contributed by atoms with van der Waals surface area (Å²) >= 11 is 0. The lowest BCUT2D eigenvalue weighted by Crippen LogP contribution is -2.51. The molecule has 1 amide bonds. The van der Waals surface area contributed by atoms with E-state index in [9.17, 15) is 9.59 Å². The molecule has 5 heteroatoms. The molecule has 2 aliphatic heterocycles. The Hall–Kier alpha value is -1.10. The van der Waals surface area contributed by atoms with Crippen LogP contribution in [0.3, 0.4) is 0 Å². The van der Waals surface area contributed by atoms with E-state index in [0.29, 0.717) is 18.9 Å². The topological polar surface area (TPSA) is 49.9 Å². The third-order valence-electron chi connectivity index (χ3n) is 3.44. The summed E-state index contributed by atoms with van der Waals surface area (Å²) in [5.74, 6) is 0.127. The zero-order chi connectivity index (χ0) is 11.5. The number of piperazine rings is 1. The standard InChI is InChI=1S/C11H18N2O3/c1-16-11(15)4-5-12-6-7-13-9(8-12)2-3-10(13)14/h9H,2-8H2,1H3. The van der Waals surface area contributed by atoms with E-state index < -0.39 is 0 Å². The van der Waals surface area contributed by atoms with E-state index in [2.05, 4.69) is 9.64 Å². The van der Waals surface area contributed by atoms with Crippen molar-refractivity contribution in [3.05, 3.63) is 0 Å². The Kier molecular flexibility index (Phi) is 3.43. The Morgan fingerprint density at radius 3 is 3.06 bits per heavy atom. The first-order chi connectivity index (χ1) is 7.70. The molecule has 2 saturated heterocycles. The fourth-order valence-electron chi connectivity index (χ4n) is 2.48. The van der Waals surface area contributed by atoms with Crippen molar-refractivity contribution in [2.24, 2.45) is 0 Å². The molecule has 0 aromatic rings. The molecule has 2 rings (SSSR count). The third-order valence-corrected chi connectivity index (χ3v) is 3.44. The van der Waals surface area contributed by atoms with Crippen LogP contribution in [-0.4, -0.2) is 61.0 Å². The van der Waals surface area contributed by atoms with Gasteiger partial charge in [-0.3, -0.25) is 14.5 Å². The molecule has 16 heavy (non-hydrogen) atoms. The average molecular weight is 226 g/mol. The monoisotopic (exact) mass is 226 g/mol. The fourth-order valence-corrected chi connectivity index (χ4v) is 2.48. The fraction of sp³-hybridized carbons (Fsp3) is 0.818. The zero-order valence-electron chi connectivity index (χ0n) is 9.65. The van der Waals surface area contributed by atoms with Gasteiger partial charge in [-0.25, -0.2) is 0 Å². The van der Waals surface area contributed by atoms with Crippen LogP contribution in [0.25, 0.3) is 0 Å². The summed E-state index contributed by atoms with van der Waals surface area (Å²) in [6.45, 7) is 3.33. The van der Waals surface area contributed by atoms with Crippen molar-refractivity contribution in [3.63, 3.8) is 0 Å². The molecule has 5 nitrogen and oxygen atoms in total. The number of ether oxygens (including phenoxy) is 1. The number of methoxy groups -OCH3 is 1. The Labute approximate surface area is 95.3 Å². The SMILES string of the molecule is COC(=O)CCN1CCN2C(=O)CCC2C1. The van der Waals surface area contributed by atoms with E-state index in [1.54, 1.807) is 0 Å². The molecule has 0 saturated carbocycles. The van der Waals surface area contributed by atoms with Gasteiger partial charge < -0.3 is 9.64 Å². The van der Waals surface area contributed by atoms with E-state index in [4.69, 9.17) is 0 Å². The number of fused-ring (bicyclic) bond motifs is 1. The van der Waals surface area contributed by atoms with Crippen LogP contribution in [0.4, 0.5) is 0 Å². The van der Waals surface area contributed by atoms with Gasteiger partial charge in [-0.05, 0) is 6.42 Å². The molecule has 0 radical (unpaired) electrons. The van der Waals surface area contributed by atoms with Crippen molar-refractivity contribution in [2.45, 2.75) is 25.3 Å². The molecular weight excluding hydrogens is 208 g/mol. The number of nitrogens with zero attached hydrogens (tertiary/aromatic N) is 2. The lowest BCUT2D eigenvalue weighted by atomic mass is 10.1. The van der Waals surface area contributed by atoms with Gasteiger partial charge in [0, 0.05) is 38.6 Å². The second-order valence-electron chi connectivity index (χ2n) is 4.41. The summed E-state index contributed by atoms with van der Waals surface area (Å²) in [6.07, 6.45) is 2.10. The van der Waals surface area contributed by atoms with Gasteiger partial charge in [0.15, 0.2) is 0 Å². The summed E-state index contributed by atoms with van der Waals surface area (Å²) in [5.41, 5.74) is 0. The first-order valence-electron chi connectivity index (χ1n) is 5.79. The second kappa shape index (κ2) is 4.82. The smallest absolute Gasteiger partial charge is 0.306 e. The van der Waals surface area contributed by atoms with E-state index >= 15 is 0 Å². The molecule has 0 aromatic carbocycles. The Bertz CT molecular complexity index is 293. The van der Waals surface area contributed by atoms with Crippen molar-refractivity contribution in [2.75, 3.05) is 33.3 Å². The molecule has 2 fully saturated rings. The lowest BCUT2D eigenvalue weighted by molar-refractivity contribution is -0.141. The van der Waals surface area contributed by atoms with E-state index in [-0.39, 0.29) is 11.9 Å². The highest BCUT2D eigenvalue weighted by Crippen LogP contribution is 2.22. The molecule has 0 N–H and O–H groups in total. The van der Waals surface area contributed by atoms with Gasteiger partial charge in [0.1, 0.15) is 0 Å². The van der Waals surface area contributed by atoms with Gasteiger partial charge in [0.25, 0.3) is 0 Å². The highest BCUT2D eigenvalue weighted by atomic mass is 16.5. The lowest BCUT2D eigenvalue weighted by Gasteiger charge is -2.37. The van der Waals surface area contributed by atoms with Crippen LogP contribution in [0.15, 0.2) is 0 Å². The van der Waals surface area contributed by atoms with Crippen LogP contribution in [0.5, 0.6) is 0 Å². The van der Waals surface area contributed by atoms with Crippen molar-refractivity contribution in [1.29, 1.82) is 0 Å². The number of carbonyl (C=O) groups excluding carboxylic acids is 2. The molecule has 1 atom stereocenters. The Balaban J connectivity index is 1.78. The maximum atomic E-state index is 11.5. The van der Waals surface area contributed by atoms with Gasteiger partial charge in [0.2, 0.25) is 5.91 Å². The van der Waals surface area contributed by atoms with Crippen molar-refractivity contribution in [1.82, 2.24) is 9.80 Å². The van der Waals surface area contributed by atoms with E-state index in [1.165, 1.54) is 7.11 Å². The molecule has 90 valence electrons. The maximum Gasteiger partial charge on any atom is 0.306 e. The summed E-state index contributed by atoms with van der Waals surface area (Å²) in [7, 11) is 1.41. The quantitative estimate of drug-likeness (QED) is 0.628. The average Bonchev–Trinajstić information content (AvgIpc) is 2.67. The summed E-state index contributed by atoms with van der Waals surface area (Å²) in [6, 6.07) is 0.374. The molecule has 2 heterocycles. The van der Waals surface area contributed by atoms with E-state index in [1.807, 2.05) is 4.90 Å². The van der Waals surface area contributed by atoms with Gasteiger partial charge in [-0.2, -0.15) is 0 Å². The van der Waals surface area contributed by atoms with Crippen molar-refractivity contribution < 1.29 is 14.3 Å². The summed E-state index contributed by atoms with van der Waals surface area (Å²) in [4.78, 5) is 26.7. The van der Waals surface area contributed by atoms with Crippen molar-refractivity contribution >= 4 is 11.9 Å². The normalized spacial score (nSPS) is 25.7. The molecule has 0 spiro atoms. The minimum atomic E-state index is -0.162. The number of rotatable bonds is 3. The van der Waals surface area contributed by atoms with Gasteiger partial charge in [0.05, 0.1) is 13.5 Å². The largest absolute Gasteiger partial charge is 0.469 e. The third kappa shape index (κ3) is 2.35. The van der Waals surface area contributed by atoms with E-state index in [0.717, 1.165) is 32.6 Å². The highest BCUT2D eigenvalue weighted by Gasteiger charge is 2.35. The number of esters is 1. The van der Waals surface area contributed by atoms with Crippen LogP contribution in [-0.2, 0) is 14.3 Å². The van der Waals surface area contributed by atoms with Crippen LogP contribution in [0.2, 0.25) is 0 Å². The minimum Gasteiger partial charge on any atom is -0.469 e. The summed E-state index contributed by atoms with van der Waals surface area (Å²) in [5, 5.41) is 0. The Morgan fingerprint density at radius 2 is 2.31 bits per heavy atom. The summed E-state index contributed by atoms with van der Waals surface area (Å²) < 4.78 is 4.61.